The molecule has 3 aromatic carbocycles. The Morgan fingerprint density at radius 3 is 2.10 bits per heavy atom. The number of rotatable bonds is 5. The van der Waals surface area contributed by atoms with Gasteiger partial charge >= 0.3 is 5.97 Å². The van der Waals surface area contributed by atoms with E-state index in [1.165, 1.54) is 13.2 Å². The topological polar surface area (TPSA) is 79.5 Å². The van der Waals surface area contributed by atoms with Crippen molar-refractivity contribution in [1.29, 1.82) is 0 Å². The highest BCUT2D eigenvalue weighted by Crippen LogP contribution is 2.18. The Kier molecular flexibility index (Phi) is 6.55. The lowest BCUT2D eigenvalue weighted by Crippen LogP contribution is -2.34. The van der Waals surface area contributed by atoms with Gasteiger partial charge in [-0.25, -0.2) is 4.79 Å². The minimum absolute atomic E-state index is 0.155. The Hall–Kier alpha value is -3.71. The molecule has 0 unspecified atom stereocenters. The monoisotopic (exact) mass is 405 g/mol. The van der Waals surface area contributed by atoms with Gasteiger partial charge < -0.3 is 15.4 Å². The van der Waals surface area contributed by atoms with E-state index < -0.39 is 11.9 Å². The summed E-state index contributed by atoms with van der Waals surface area (Å²) in [5, 5.41) is 9.00. The second-order valence-corrected chi connectivity index (χ2v) is 6.46. The molecule has 0 aliphatic carbocycles. The number of hydrogen-bond donors (Lipinski definition) is 3. The minimum atomic E-state index is -0.510. The fourth-order valence-electron chi connectivity index (χ4n) is 2.57. The molecule has 0 atom stereocenters. The van der Waals surface area contributed by atoms with Crippen molar-refractivity contribution in [3.63, 3.8) is 0 Å². The molecule has 0 aliphatic rings. The number of carbonyl (C=O) groups is 2. The molecule has 3 N–H and O–H groups in total. The largest absolute Gasteiger partial charge is 0.465 e. The molecular formula is C22H19N3O3S. The van der Waals surface area contributed by atoms with Crippen molar-refractivity contribution in [3.8, 4) is 0 Å². The minimum Gasteiger partial charge on any atom is -0.465 e. The number of benzene rings is 3. The standard InChI is InChI=1S/C22H19N3O3S/c1-28-21(27)16-7-5-6-15(14-16)20(26)25-22(29)24-19-12-10-18(11-13-19)23-17-8-3-2-4-9-17/h2-14,23H,1H3,(H2,24,25,26,29). The van der Waals surface area contributed by atoms with Crippen LogP contribution in [0.3, 0.4) is 0 Å². The molecule has 3 aromatic rings. The summed E-state index contributed by atoms with van der Waals surface area (Å²) in [5.74, 6) is -0.930. The first-order valence-electron chi connectivity index (χ1n) is 8.78. The molecule has 0 radical (unpaired) electrons. The number of nitrogens with one attached hydrogen (secondary N) is 3. The van der Waals surface area contributed by atoms with Gasteiger partial charge in [-0.1, -0.05) is 24.3 Å². The highest BCUT2D eigenvalue weighted by Gasteiger charge is 2.12. The SMILES string of the molecule is COC(=O)c1cccc(C(=O)NC(=S)Nc2ccc(Nc3ccccc3)cc2)c1. The van der Waals surface area contributed by atoms with E-state index in [0.29, 0.717) is 11.1 Å². The maximum Gasteiger partial charge on any atom is 0.337 e. The molecule has 0 fully saturated rings. The van der Waals surface area contributed by atoms with E-state index in [1.54, 1.807) is 18.2 Å². The Balaban J connectivity index is 1.57. The third-order valence-electron chi connectivity index (χ3n) is 3.98. The van der Waals surface area contributed by atoms with Gasteiger partial charge in [0.05, 0.1) is 12.7 Å². The molecule has 0 spiro atoms. The second-order valence-electron chi connectivity index (χ2n) is 6.05. The number of ether oxygens (including phenoxy) is 1. The van der Waals surface area contributed by atoms with Gasteiger partial charge in [-0.2, -0.15) is 0 Å². The van der Waals surface area contributed by atoms with E-state index in [2.05, 4.69) is 20.7 Å². The zero-order valence-corrected chi connectivity index (χ0v) is 16.5. The third kappa shape index (κ3) is 5.63. The normalized spacial score (nSPS) is 9.97. The first-order chi connectivity index (χ1) is 14.0. The number of thiocarbonyl (C=S) groups is 1. The highest BCUT2D eigenvalue weighted by atomic mass is 32.1. The number of methoxy groups -OCH3 is 1. The average molecular weight is 405 g/mol. The molecule has 6 nitrogen and oxygen atoms in total. The number of hydrogen-bond acceptors (Lipinski definition) is 5. The predicted molar refractivity (Wildman–Crippen MR) is 118 cm³/mol. The molecule has 0 heterocycles. The van der Waals surface area contributed by atoms with Crippen LogP contribution in [-0.4, -0.2) is 24.1 Å². The van der Waals surface area contributed by atoms with Gasteiger partial charge in [-0.3, -0.25) is 10.1 Å². The van der Waals surface area contributed by atoms with E-state index in [0.717, 1.165) is 17.1 Å². The predicted octanol–water partition coefficient (Wildman–Crippen LogP) is 4.34. The lowest BCUT2D eigenvalue weighted by Gasteiger charge is -2.11. The Morgan fingerprint density at radius 2 is 1.41 bits per heavy atom. The zero-order valence-electron chi connectivity index (χ0n) is 15.6. The molecule has 0 saturated heterocycles. The van der Waals surface area contributed by atoms with Crippen LogP contribution in [0.25, 0.3) is 0 Å². The van der Waals surface area contributed by atoms with Crippen LogP contribution in [0.4, 0.5) is 17.1 Å². The molecule has 7 heteroatoms. The summed E-state index contributed by atoms with van der Waals surface area (Å²) in [6.45, 7) is 0. The van der Waals surface area contributed by atoms with Crippen LogP contribution in [-0.2, 0) is 4.74 Å². The summed E-state index contributed by atoms with van der Waals surface area (Å²) in [4.78, 5) is 24.0. The summed E-state index contributed by atoms with van der Waals surface area (Å²) in [7, 11) is 1.29. The average Bonchev–Trinajstić information content (AvgIpc) is 2.75. The van der Waals surface area contributed by atoms with Crippen LogP contribution in [0.5, 0.6) is 0 Å². The van der Waals surface area contributed by atoms with E-state index in [9.17, 15) is 9.59 Å². The van der Waals surface area contributed by atoms with Gasteiger partial charge in [0.15, 0.2) is 5.11 Å². The number of anilines is 3. The van der Waals surface area contributed by atoms with Gasteiger partial charge in [0.25, 0.3) is 5.91 Å². The van der Waals surface area contributed by atoms with E-state index in [4.69, 9.17) is 12.2 Å². The number of carbonyl (C=O) groups excluding carboxylic acids is 2. The lowest BCUT2D eigenvalue weighted by atomic mass is 10.1. The summed E-state index contributed by atoms with van der Waals surface area (Å²) >= 11 is 5.21. The molecule has 0 bridgehead atoms. The third-order valence-corrected chi connectivity index (χ3v) is 4.18. The first-order valence-corrected chi connectivity index (χ1v) is 9.19. The summed E-state index contributed by atoms with van der Waals surface area (Å²) in [6.07, 6.45) is 0. The molecule has 0 aliphatic heterocycles. The van der Waals surface area contributed by atoms with Crippen molar-refractivity contribution >= 4 is 46.3 Å². The quantitative estimate of drug-likeness (QED) is 0.433. The summed E-state index contributed by atoms with van der Waals surface area (Å²) in [5.41, 5.74) is 3.25. The summed E-state index contributed by atoms with van der Waals surface area (Å²) in [6, 6.07) is 23.6. The van der Waals surface area contributed by atoms with Crippen LogP contribution in [0, 0.1) is 0 Å². The van der Waals surface area contributed by atoms with Gasteiger partial charge in [0, 0.05) is 22.6 Å². The highest BCUT2D eigenvalue weighted by molar-refractivity contribution is 7.80. The van der Waals surface area contributed by atoms with E-state index in [-0.39, 0.29) is 5.11 Å². The maximum atomic E-state index is 12.4. The van der Waals surface area contributed by atoms with Gasteiger partial charge in [-0.15, -0.1) is 0 Å². The second kappa shape index (κ2) is 9.48. The van der Waals surface area contributed by atoms with Gasteiger partial charge in [0.2, 0.25) is 0 Å². The maximum absolute atomic E-state index is 12.4. The molecule has 0 saturated carbocycles. The Bertz CT molecular complexity index is 1020. The smallest absolute Gasteiger partial charge is 0.337 e. The van der Waals surface area contributed by atoms with Crippen LogP contribution in [0.2, 0.25) is 0 Å². The van der Waals surface area contributed by atoms with Crippen LogP contribution >= 0.6 is 12.2 Å². The van der Waals surface area contributed by atoms with Crippen LogP contribution in [0.1, 0.15) is 20.7 Å². The summed E-state index contributed by atoms with van der Waals surface area (Å²) < 4.78 is 4.66. The Morgan fingerprint density at radius 1 is 0.793 bits per heavy atom. The fraction of sp³-hybridized carbons (Fsp3) is 0.0455. The van der Waals surface area contributed by atoms with Crippen LogP contribution < -0.4 is 16.0 Å². The number of esters is 1. The Labute approximate surface area is 173 Å². The molecule has 1 amide bonds. The molecule has 146 valence electrons. The van der Waals surface area contributed by atoms with Crippen molar-refractivity contribution in [2.75, 3.05) is 17.7 Å². The number of amides is 1. The molecule has 0 aromatic heterocycles. The van der Waals surface area contributed by atoms with Crippen molar-refractivity contribution < 1.29 is 14.3 Å². The van der Waals surface area contributed by atoms with E-state index in [1.807, 2.05) is 54.6 Å². The van der Waals surface area contributed by atoms with Crippen molar-refractivity contribution in [1.82, 2.24) is 5.32 Å². The molecule has 3 rings (SSSR count). The number of para-hydroxylation sites is 1. The van der Waals surface area contributed by atoms with Crippen molar-refractivity contribution in [2.24, 2.45) is 0 Å². The van der Waals surface area contributed by atoms with Gasteiger partial charge in [-0.05, 0) is 66.8 Å². The zero-order chi connectivity index (χ0) is 20.6. The van der Waals surface area contributed by atoms with Crippen molar-refractivity contribution in [3.05, 3.63) is 90.0 Å². The molecular weight excluding hydrogens is 386 g/mol. The lowest BCUT2D eigenvalue weighted by molar-refractivity contribution is 0.0600. The molecule has 29 heavy (non-hydrogen) atoms. The van der Waals surface area contributed by atoms with E-state index >= 15 is 0 Å². The fourth-order valence-corrected chi connectivity index (χ4v) is 2.78. The van der Waals surface area contributed by atoms with Crippen molar-refractivity contribution in [2.45, 2.75) is 0 Å². The van der Waals surface area contributed by atoms with Gasteiger partial charge in [0.1, 0.15) is 0 Å². The first kappa shape index (κ1) is 20.0. The van der Waals surface area contributed by atoms with Crippen LogP contribution in [0.15, 0.2) is 78.9 Å².